The van der Waals surface area contributed by atoms with Crippen LogP contribution in [0.4, 0.5) is 13.2 Å². The monoisotopic (exact) mass is 287 g/mol. The summed E-state index contributed by atoms with van der Waals surface area (Å²) in [7, 11) is -5.84. The van der Waals surface area contributed by atoms with Crippen molar-refractivity contribution in [1.82, 2.24) is 4.90 Å². The molecule has 1 rings (SSSR count). The molecular formula is C10H16F3NO3S. The van der Waals surface area contributed by atoms with Crippen LogP contribution in [0.25, 0.3) is 0 Å². The molecule has 0 saturated carbocycles. The lowest BCUT2D eigenvalue weighted by Crippen LogP contribution is -2.21. The lowest BCUT2D eigenvalue weighted by molar-refractivity contribution is -0.0510. The van der Waals surface area contributed by atoms with E-state index in [4.69, 9.17) is 13.0 Å². The quantitative estimate of drug-likeness (QED) is 0.640. The van der Waals surface area contributed by atoms with Gasteiger partial charge in [0.15, 0.2) is 0 Å². The summed E-state index contributed by atoms with van der Waals surface area (Å²) in [5.74, 6) is 0. The van der Waals surface area contributed by atoms with Crippen molar-refractivity contribution < 1.29 is 26.1 Å². The smallest absolute Gasteiger partial charge is 0.374 e. The highest BCUT2D eigenvalue weighted by Gasteiger charge is 2.44. The van der Waals surface area contributed by atoms with Crippen LogP contribution in [-0.4, -0.2) is 36.5 Å². The average molecular weight is 287 g/mol. The lowest BCUT2D eigenvalue weighted by atomic mass is 10.3. The van der Waals surface area contributed by atoms with Crippen LogP contribution in [0.15, 0.2) is 24.4 Å². The van der Waals surface area contributed by atoms with Crippen molar-refractivity contribution in [2.24, 2.45) is 0 Å². The summed E-state index contributed by atoms with van der Waals surface area (Å²) >= 11 is 0. The number of hydrogen-bond acceptors (Lipinski definition) is 3. The van der Waals surface area contributed by atoms with Gasteiger partial charge in [0, 0.05) is 13.1 Å². The number of rotatable bonds is 3. The number of nitrogens with zero attached hydrogens (tertiary/aromatic N) is 1. The van der Waals surface area contributed by atoms with Gasteiger partial charge in [-0.1, -0.05) is 25.5 Å². The highest BCUT2D eigenvalue weighted by molar-refractivity contribution is 7.86. The number of alkyl halides is 3. The molecule has 1 N–H and O–H groups in total. The van der Waals surface area contributed by atoms with Gasteiger partial charge in [-0.25, -0.2) is 0 Å². The average Bonchev–Trinajstić information content (AvgIpc) is 2.26. The fraction of sp³-hybridized carbons (Fsp3) is 0.600. The van der Waals surface area contributed by atoms with Gasteiger partial charge >= 0.3 is 15.6 Å². The van der Waals surface area contributed by atoms with Gasteiger partial charge in [0.2, 0.25) is 0 Å². The van der Waals surface area contributed by atoms with Crippen molar-refractivity contribution in [1.29, 1.82) is 0 Å². The fourth-order valence-electron chi connectivity index (χ4n) is 1.03. The highest BCUT2D eigenvalue weighted by Crippen LogP contribution is 2.20. The Morgan fingerprint density at radius 2 is 1.89 bits per heavy atom. The molecule has 0 radical (unpaired) electrons. The van der Waals surface area contributed by atoms with Crippen molar-refractivity contribution in [3.05, 3.63) is 24.4 Å². The summed E-state index contributed by atoms with van der Waals surface area (Å²) < 4.78 is 57.5. The minimum absolute atomic E-state index is 1.09. The van der Waals surface area contributed by atoms with Gasteiger partial charge in [-0.15, -0.1) is 0 Å². The van der Waals surface area contributed by atoms with Gasteiger partial charge < -0.3 is 4.90 Å². The first-order valence-electron chi connectivity index (χ1n) is 5.29. The van der Waals surface area contributed by atoms with Gasteiger partial charge in [-0.3, -0.25) is 4.55 Å². The Morgan fingerprint density at radius 1 is 1.33 bits per heavy atom. The molecule has 0 atom stereocenters. The first-order valence-corrected chi connectivity index (χ1v) is 6.73. The number of unbranched alkanes of at least 4 members (excludes halogenated alkanes) is 1. The van der Waals surface area contributed by atoms with Crippen molar-refractivity contribution in [3.8, 4) is 0 Å². The van der Waals surface area contributed by atoms with Crippen LogP contribution >= 0.6 is 0 Å². The summed E-state index contributed by atoms with van der Waals surface area (Å²) in [5.41, 5.74) is -5.53. The molecule has 4 nitrogen and oxygen atoms in total. The van der Waals surface area contributed by atoms with E-state index in [2.05, 4.69) is 36.3 Å². The molecular weight excluding hydrogens is 271 g/mol. The number of hydrogen-bond donors (Lipinski definition) is 1. The summed E-state index contributed by atoms with van der Waals surface area (Å²) in [6.45, 7) is 4.53. The van der Waals surface area contributed by atoms with E-state index in [0.29, 0.717) is 0 Å². The maximum atomic E-state index is 10.7. The molecule has 0 aromatic rings. The largest absolute Gasteiger partial charge is 0.522 e. The molecule has 0 saturated heterocycles. The normalized spacial score (nSPS) is 15.3. The van der Waals surface area contributed by atoms with Crippen LogP contribution < -0.4 is 0 Å². The van der Waals surface area contributed by atoms with Gasteiger partial charge in [-0.05, 0) is 18.7 Å². The molecule has 0 aliphatic carbocycles. The van der Waals surface area contributed by atoms with E-state index in [-0.39, 0.29) is 0 Å². The molecule has 0 fully saturated rings. The molecule has 0 spiro atoms. The molecule has 0 bridgehead atoms. The van der Waals surface area contributed by atoms with Crippen molar-refractivity contribution in [2.45, 2.75) is 25.3 Å². The van der Waals surface area contributed by atoms with E-state index < -0.39 is 15.6 Å². The lowest BCUT2D eigenvalue weighted by Gasteiger charge is -2.19. The summed E-state index contributed by atoms with van der Waals surface area (Å²) in [4.78, 5) is 2.34. The summed E-state index contributed by atoms with van der Waals surface area (Å²) in [5, 5.41) is 0. The molecule has 0 amide bonds. The third-order valence-corrected chi connectivity index (χ3v) is 2.56. The van der Waals surface area contributed by atoms with Crippen molar-refractivity contribution >= 4 is 10.1 Å². The number of halogens is 3. The van der Waals surface area contributed by atoms with Crippen molar-refractivity contribution in [3.63, 3.8) is 0 Å². The Kier molecular flexibility index (Phi) is 7.00. The third kappa shape index (κ3) is 7.33. The molecule has 1 aliphatic heterocycles. The molecule has 1 aliphatic rings. The van der Waals surface area contributed by atoms with E-state index in [0.717, 1.165) is 6.54 Å². The van der Waals surface area contributed by atoms with Gasteiger partial charge in [0.05, 0.1) is 0 Å². The minimum atomic E-state index is -5.84. The Balaban J connectivity index is 0.000000331. The minimum Gasteiger partial charge on any atom is -0.374 e. The molecule has 0 aromatic heterocycles. The Bertz CT molecular complexity index is 388. The second-order valence-corrected chi connectivity index (χ2v) is 4.95. The summed E-state index contributed by atoms with van der Waals surface area (Å²) in [6, 6.07) is 0. The molecule has 0 unspecified atom stereocenters. The van der Waals surface area contributed by atoms with Gasteiger partial charge in [-0.2, -0.15) is 21.6 Å². The van der Waals surface area contributed by atoms with Crippen molar-refractivity contribution in [2.75, 3.05) is 13.1 Å². The van der Waals surface area contributed by atoms with Crippen LogP contribution in [0.1, 0.15) is 19.8 Å². The zero-order chi connectivity index (χ0) is 14.2. The van der Waals surface area contributed by atoms with E-state index in [1.165, 1.54) is 19.4 Å². The van der Waals surface area contributed by atoms with Crippen LogP contribution in [-0.2, 0) is 10.1 Å². The maximum absolute atomic E-state index is 10.7. The van der Waals surface area contributed by atoms with Crippen LogP contribution in [0.5, 0.6) is 0 Å². The SMILES string of the molecule is CCCCN1C=CC=CC1.O=S(=O)(O)C(F)(F)F. The highest BCUT2D eigenvalue weighted by atomic mass is 32.2. The predicted molar refractivity (Wildman–Crippen MR) is 62.4 cm³/mol. The van der Waals surface area contributed by atoms with Crippen LogP contribution in [0, 0.1) is 0 Å². The molecule has 1 heterocycles. The first kappa shape index (κ1) is 17.0. The Morgan fingerprint density at radius 3 is 2.22 bits per heavy atom. The zero-order valence-electron chi connectivity index (χ0n) is 9.89. The third-order valence-electron chi connectivity index (χ3n) is 1.98. The topological polar surface area (TPSA) is 57.6 Å². The van der Waals surface area contributed by atoms with E-state index in [1.807, 2.05) is 0 Å². The first-order chi connectivity index (χ1) is 8.18. The van der Waals surface area contributed by atoms with E-state index >= 15 is 0 Å². The Labute approximate surface area is 105 Å². The van der Waals surface area contributed by atoms with Crippen LogP contribution in [0.2, 0.25) is 0 Å². The van der Waals surface area contributed by atoms with E-state index in [9.17, 15) is 13.2 Å². The second kappa shape index (κ2) is 7.42. The zero-order valence-corrected chi connectivity index (χ0v) is 10.7. The summed E-state index contributed by atoms with van der Waals surface area (Å²) in [6.07, 6.45) is 11.1. The molecule has 106 valence electrons. The van der Waals surface area contributed by atoms with Gasteiger partial charge in [0.25, 0.3) is 0 Å². The standard InChI is InChI=1S/C9H15N.CHF3O3S/c1-2-3-7-10-8-5-4-6-9-10;2-1(3,4)8(5,6)7/h4-6,8H,2-3,7,9H2,1H3;(H,5,6,7). The van der Waals surface area contributed by atoms with E-state index in [1.54, 1.807) is 0 Å². The molecule has 8 heteroatoms. The second-order valence-electron chi connectivity index (χ2n) is 3.54. The fourth-order valence-corrected chi connectivity index (χ4v) is 1.03. The maximum Gasteiger partial charge on any atom is 0.522 e. The number of allylic oxidation sites excluding steroid dienone is 2. The predicted octanol–water partition coefficient (Wildman–Crippen LogP) is 2.57. The van der Waals surface area contributed by atoms with Gasteiger partial charge in [0.1, 0.15) is 0 Å². The molecule has 18 heavy (non-hydrogen) atoms. The molecule has 0 aromatic carbocycles. The Hall–Kier alpha value is -1.02. The van der Waals surface area contributed by atoms with Crippen LogP contribution in [0.3, 0.4) is 0 Å².